The Morgan fingerprint density at radius 1 is 1.11 bits per heavy atom. The standard InChI is InChI=1S/C17H29NO/c1-6-17(10-8-7-9-11-17)18-15(2,3)12-14(19)13-16(18,4)5/h7-10,14,19H,6,11-13H2,1-5H3. The van der Waals surface area contributed by atoms with Crippen molar-refractivity contribution in [3.05, 3.63) is 24.3 Å². The number of nitrogens with zero attached hydrogens (tertiary/aromatic N) is 1. The molecule has 2 aliphatic rings. The van der Waals surface area contributed by atoms with Gasteiger partial charge in [-0.2, -0.15) is 0 Å². The first-order valence-corrected chi connectivity index (χ1v) is 7.56. The van der Waals surface area contributed by atoms with Gasteiger partial charge in [0.2, 0.25) is 0 Å². The largest absolute Gasteiger partial charge is 0.393 e. The topological polar surface area (TPSA) is 23.5 Å². The van der Waals surface area contributed by atoms with Crippen molar-refractivity contribution < 1.29 is 5.11 Å². The fraction of sp³-hybridized carbons (Fsp3) is 0.765. The van der Waals surface area contributed by atoms with Crippen LogP contribution < -0.4 is 0 Å². The van der Waals surface area contributed by atoms with Gasteiger partial charge in [-0.05, 0) is 53.4 Å². The summed E-state index contributed by atoms with van der Waals surface area (Å²) in [5.41, 5.74) is 0.140. The van der Waals surface area contributed by atoms with Crippen molar-refractivity contribution in [2.24, 2.45) is 0 Å². The smallest absolute Gasteiger partial charge is 0.0575 e. The van der Waals surface area contributed by atoms with E-state index in [1.165, 1.54) is 0 Å². The lowest BCUT2D eigenvalue weighted by Gasteiger charge is -2.62. The summed E-state index contributed by atoms with van der Waals surface area (Å²) in [6, 6.07) is 0. The Morgan fingerprint density at radius 3 is 2.11 bits per heavy atom. The molecule has 1 aliphatic heterocycles. The lowest BCUT2D eigenvalue weighted by Crippen LogP contribution is -2.69. The molecule has 1 aliphatic carbocycles. The zero-order chi connectivity index (χ0) is 14.3. The first kappa shape index (κ1) is 14.8. The van der Waals surface area contributed by atoms with Gasteiger partial charge in [0, 0.05) is 16.6 Å². The van der Waals surface area contributed by atoms with E-state index in [1.54, 1.807) is 0 Å². The van der Waals surface area contributed by atoms with Crippen LogP contribution in [-0.4, -0.2) is 32.7 Å². The monoisotopic (exact) mass is 263 g/mol. The molecule has 0 aromatic rings. The molecule has 1 saturated heterocycles. The van der Waals surface area contributed by atoms with Gasteiger partial charge in [-0.1, -0.05) is 31.2 Å². The summed E-state index contributed by atoms with van der Waals surface area (Å²) in [5.74, 6) is 0. The van der Waals surface area contributed by atoms with Gasteiger partial charge in [-0.15, -0.1) is 0 Å². The number of hydrogen-bond donors (Lipinski definition) is 1. The zero-order valence-electron chi connectivity index (χ0n) is 13.1. The van der Waals surface area contributed by atoms with Gasteiger partial charge in [0.1, 0.15) is 0 Å². The van der Waals surface area contributed by atoms with Crippen molar-refractivity contribution in [1.29, 1.82) is 0 Å². The molecule has 2 nitrogen and oxygen atoms in total. The average molecular weight is 263 g/mol. The molecular weight excluding hydrogens is 234 g/mol. The number of piperidine rings is 1. The van der Waals surface area contributed by atoms with Gasteiger partial charge >= 0.3 is 0 Å². The second-order valence-corrected chi connectivity index (χ2v) is 7.47. The number of rotatable bonds is 2. The summed E-state index contributed by atoms with van der Waals surface area (Å²) < 4.78 is 0. The van der Waals surface area contributed by atoms with E-state index < -0.39 is 0 Å². The molecule has 19 heavy (non-hydrogen) atoms. The molecule has 0 spiro atoms. The van der Waals surface area contributed by atoms with E-state index in [0.717, 1.165) is 25.7 Å². The summed E-state index contributed by atoms with van der Waals surface area (Å²) in [7, 11) is 0. The molecule has 0 saturated carbocycles. The maximum absolute atomic E-state index is 10.2. The maximum Gasteiger partial charge on any atom is 0.0575 e. The molecule has 0 aromatic heterocycles. The fourth-order valence-electron chi connectivity index (χ4n) is 4.67. The van der Waals surface area contributed by atoms with Crippen LogP contribution in [0.2, 0.25) is 0 Å². The molecule has 1 unspecified atom stereocenters. The lowest BCUT2D eigenvalue weighted by atomic mass is 9.71. The SMILES string of the molecule is CCC1(N2C(C)(C)CC(O)CC2(C)C)C=CC=CC1. The predicted molar refractivity (Wildman–Crippen MR) is 81.2 cm³/mol. The van der Waals surface area contributed by atoms with E-state index >= 15 is 0 Å². The third kappa shape index (κ3) is 2.53. The fourth-order valence-corrected chi connectivity index (χ4v) is 4.67. The first-order valence-electron chi connectivity index (χ1n) is 7.56. The highest BCUT2D eigenvalue weighted by Gasteiger charge is 2.52. The minimum absolute atomic E-state index is 0.0205. The second-order valence-electron chi connectivity index (χ2n) is 7.47. The number of allylic oxidation sites excluding steroid dienone is 2. The van der Waals surface area contributed by atoms with Crippen molar-refractivity contribution >= 4 is 0 Å². The minimum atomic E-state index is -0.182. The Hall–Kier alpha value is -0.600. The summed E-state index contributed by atoms with van der Waals surface area (Å²) in [6.07, 6.45) is 12.7. The van der Waals surface area contributed by atoms with Gasteiger partial charge in [-0.25, -0.2) is 0 Å². The molecule has 1 N–H and O–H groups in total. The molecule has 2 rings (SSSR count). The lowest BCUT2D eigenvalue weighted by molar-refractivity contribution is -0.128. The van der Waals surface area contributed by atoms with E-state index in [9.17, 15) is 5.11 Å². The van der Waals surface area contributed by atoms with Crippen LogP contribution in [0.1, 0.15) is 60.3 Å². The Morgan fingerprint density at radius 2 is 1.68 bits per heavy atom. The van der Waals surface area contributed by atoms with Gasteiger partial charge in [0.15, 0.2) is 0 Å². The van der Waals surface area contributed by atoms with Crippen molar-refractivity contribution in [1.82, 2.24) is 4.90 Å². The Bertz CT molecular complexity index is 376. The summed E-state index contributed by atoms with van der Waals surface area (Å²) in [5, 5.41) is 10.2. The van der Waals surface area contributed by atoms with Crippen LogP contribution in [-0.2, 0) is 0 Å². The van der Waals surface area contributed by atoms with Crippen LogP contribution >= 0.6 is 0 Å². The molecular formula is C17H29NO. The highest BCUT2D eigenvalue weighted by molar-refractivity contribution is 5.24. The van der Waals surface area contributed by atoms with Crippen molar-refractivity contribution in [3.63, 3.8) is 0 Å². The first-order chi connectivity index (χ1) is 8.73. The van der Waals surface area contributed by atoms with Gasteiger partial charge in [0.25, 0.3) is 0 Å². The van der Waals surface area contributed by atoms with Crippen molar-refractivity contribution in [3.8, 4) is 0 Å². The van der Waals surface area contributed by atoms with Crippen LogP contribution in [0.25, 0.3) is 0 Å². The van der Waals surface area contributed by atoms with Gasteiger partial charge in [0.05, 0.1) is 6.10 Å². The quantitative estimate of drug-likeness (QED) is 0.822. The van der Waals surface area contributed by atoms with Gasteiger partial charge in [-0.3, -0.25) is 4.90 Å². The molecule has 0 bridgehead atoms. The summed E-state index contributed by atoms with van der Waals surface area (Å²) in [4.78, 5) is 2.67. The van der Waals surface area contributed by atoms with Crippen molar-refractivity contribution in [2.45, 2.75) is 83.0 Å². The normalized spacial score (nSPS) is 34.6. The number of hydrogen-bond acceptors (Lipinski definition) is 2. The van der Waals surface area contributed by atoms with Gasteiger partial charge < -0.3 is 5.11 Å². The molecule has 0 radical (unpaired) electrons. The van der Waals surface area contributed by atoms with E-state index in [-0.39, 0.29) is 22.7 Å². The number of likely N-dealkylation sites (tertiary alicyclic amines) is 1. The maximum atomic E-state index is 10.2. The summed E-state index contributed by atoms with van der Waals surface area (Å²) >= 11 is 0. The zero-order valence-corrected chi connectivity index (χ0v) is 13.1. The molecule has 0 amide bonds. The Kier molecular flexibility index (Phi) is 3.70. The molecule has 2 heteroatoms. The highest BCUT2D eigenvalue weighted by Crippen LogP contribution is 2.47. The molecule has 0 aromatic carbocycles. The second kappa shape index (κ2) is 4.75. The highest BCUT2D eigenvalue weighted by atomic mass is 16.3. The van der Waals surface area contributed by atoms with Crippen LogP contribution in [0, 0.1) is 0 Å². The molecule has 1 heterocycles. The number of aliphatic hydroxyl groups excluding tert-OH is 1. The summed E-state index contributed by atoms with van der Waals surface area (Å²) in [6.45, 7) is 11.4. The number of aliphatic hydroxyl groups is 1. The van der Waals surface area contributed by atoms with Crippen LogP contribution in [0.5, 0.6) is 0 Å². The van der Waals surface area contributed by atoms with E-state index in [4.69, 9.17) is 0 Å². The van der Waals surface area contributed by atoms with Crippen LogP contribution in [0.15, 0.2) is 24.3 Å². The third-order valence-corrected chi connectivity index (χ3v) is 4.86. The van der Waals surface area contributed by atoms with E-state index in [2.05, 4.69) is 63.8 Å². The van der Waals surface area contributed by atoms with E-state index in [0.29, 0.717) is 0 Å². The van der Waals surface area contributed by atoms with Crippen LogP contribution in [0.3, 0.4) is 0 Å². The van der Waals surface area contributed by atoms with E-state index in [1.807, 2.05) is 0 Å². The van der Waals surface area contributed by atoms with Crippen LogP contribution in [0.4, 0.5) is 0 Å². The third-order valence-electron chi connectivity index (χ3n) is 4.86. The predicted octanol–water partition coefficient (Wildman–Crippen LogP) is 3.67. The Balaban J connectivity index is 2.44. The Labute approximate surface area is 118 Å². The van der Waals surface area contributed by atoms with Crippen molar-refractivity contribution in [2.75, 3.05) is 0 Å². The minimum Gasteiger partial charge on any atom is -0.393 e. The molecule has 108 valence electrons. The molecule has 1 atom stereocenters. The average Bonchev–Trinajstić information content (AvgIpc) is 2.26. The molecule has 1 fully saturated rings.